The molecule has 0 aliphatic rings. The molecule has 0 amide bonds. The van der Waals surface area contributed by atoms with Crippen LogP contribution in [0.25, 0.3) is 26.5 Å². The number of rotatable bonds is 2. The van der Waals surface area contributed by atoms with Gasteiger partial charge < -0.3 is 9.84 Å². The van der Waals surface area contributed by atoms with Crippen LogP contribution in [0.3, 0.4) is 0 Å². The van der Waals surface area contributed by atoms with Crippen molar-refractivity contribution < 1.29 is 9.84 Å². The molecule has 0 aliphatic carbocycles. The Labute approximate surface area is 125 Å². The lowest BCUT2D eigenvalue weighted by Gasteiger charge is -2.05. The summed E-state index contributed by atoms with van der Waals surface area (Å²) in [5, 5.41) is 15.5. The van der Waals surface area contributed by atoms with Gasteiger partial charge in [0.2, 0.25) is 5.88 Å². The molecule has 0 radical (unpaired) electrons. The number of fused-ring (bicyclic) bond motifs is 2. The first-order valence-electron chi connectivity index (χ1n) is 6.62. The van der Waals surface area contributed by atoms with Crippen LogP contribution < -0.4 is 4.74 Å². The van der Waals surface area contributed by atoms with Crippen molar-refractivity contribution in [3.8, 4) is 17.3 Å². The van der Waals surface area contributed by atoms with E-state index in [4.69, 9.17) is 4.74 Å². The summed E-state index contributed by atoms with van der Waals surface area (Å²) >= 11 is 1.72. The van der Waals surface area contributed by atoms with Crippen molar-refractivity contribution in [3.63, 3.8) is 0 Å². The average molecular weight is 295 g/mol. The normalized spacial score (nSPS) is 11.3. The molecule has 2 aromatic carbocycles. The predicted octanol–water partition coefficient (Wildman–Crippen LogP) is 4.56. The van der Waals surface area contributed by atoms with Crippen molar-refractivity contribution in [2.45, 2.75) is 0 Å². The molecular formula is C17H13NO2S. The van der Waals surface area contributed by atoms with Crippen LogP contribution >= 0.6 is 11.3 Å². The largest absolute Gasteiger partial charge is 0.497 e. The lowest BCUT2D eigenvalue weighted by atomic mass is 10.2. The third-order valence-electron chi connectivity index (χ3n) is 3.71. The van der Waals surface area contributed by atoms with Crippen molar-refractivity contribution in [2.24, 2.45) is 0 Å². The van der Waals surface area contributed by atoms with Crippen molar-refractivity contribution in [1.29, 1.82) is 0 Å². The van der Waals surface area contributed by atoms with Crippen LogP contribution in [-0.2, 0) is 0 Å². The van der Waals surface area contributed by atoms with Crippen molar-refractivity contribution in [2.75, 3.05) is 7.11 Å². The van der Waals surface area contributed by atoms with Crippen LogP contribution in [0.15, 0.2) is 54.0 Å². The molecule has 4 rings (SSSR count). The Morgan fingerprint density at radius 1 is 1.05 bits per heavy atom. The third kappa shape index (κ3) is 1.87. The second-order valence-corrected chi connectivity index (χ2v) is 5.87. The van der Waals surface area contributed by atoms with Crippen molar-refractivity contribution in [1.82, 2.24) is 4.57 Å². The van der Waals surface area contributed by atoms with Gasteiger partial charge in [-0.2, -0.15) is 0 Å². The zero-order valence-electron chi connectivity index (χ0n) is 11.4. The molecule has 0 aliphatic heterocycles. The molecule has 0 spiro atoms. The number of hydrogen-bond acceptors (Lipinski definition) is 3. The Morgan fingerprint density at radius 2 is 1.95 bits per heavy atom. The predicted molar refractivity (Wildman–Crippen MR) is 86.9 cm³/mol. The number of nitrogens with zero attached hydrogens (tertiary/aromatic N) is 1. The van der Waals surface area contributed by atoms with Crippen molar-refractivity contribution in [3.05, 3.63) is 54.0 Å². The molecule has 104 valence electrons. The minimum Gasteiger partial charge on any atom is -0.497 e. The topological polar surface area (TPSA) is 34.4 Å². The summed E-state index contributed by atoms with van der Waals surface area (Å²) in [7, 11) is 1.62. The Bertz CT molecular complexity index is 952. The molecule has 3 nitrogen and oxygen atoms in total. The molecule has 0 unspecified atom stereocenters. The van der Waals surface area contributed by atoms with Gasteiger partial charge in [0, 0.05) is 27.4 Å². The van der Waals surface area contributed by atoms with Gasteiger partial charge in [0.05, 0.1) is 7.11 Å². The highest BCUT2D eigenvalue weighted by Gasteiger charge is 2.11. The van der Waals surface area contributed by atoms with Gasteiger partial charge in [-0.1, -0.05) is 0 Å². The van der Waals surface area contributed by atoms with E-state index >= 15 is 0 Å². The van der Waals surface area contributed by atoms with E-state index in [-0.39, 0.29) is 5.88 Å². The molecule has 0 saturated carbocycles. The summed E-state index contributed by atoms with van der Waals surface area (Å²) < 4.78 is 8.27. The third-order valence-corrected chi connectivity index (χ3v) is 4.61. The summed E-state index contributed by atoms with van der Waals surface area (Å²) in [5.74, 6) is 0.974. The molecule has 0 fully saturated rings. The first kappa shape index (κ1) is 12.3. The number of ether oxygens (including phenoxy) is 1. The highest BCUT2D eigenvalue weighted by atomic mass is 32.1. The zero-order chi connectivity index (χ0) is 14.4. The van der Waals surface area contributed by atoms with Gasteiger partial charge >= 0.3 is 0 Å². The molecule has 1 N–H and O–H groups in total. The molecule has 2 heterocycles. The maximum Gasteiger partial charge on any atom is 0.203 e. The summed E-state index contributed by atoms with van der Waals surface area (Å²) in [6.07, 6.45) is 1.94. The lowest BCUT2D eigenvalue weighted by molar-refractivity contribution is 0.414. The van der Waals surface area contributed by atoms with Gasteiger partial charge in [0.25, 0.3) is 0 Å². The van der Waals surface area contributed by atoms with Crippen LogP contribution in [0.1, 0.15) is 0 Å². The number of hydrogen-bond donors (Lipinski definition) is 1. The quantitative estimate of drug-likeness (QED) is 0.588. The smallest absolute Gasteiger partial charge is 0.203 e. The second kappa shape index (κ2) is 4.53. The summed E-state index contributed by atoms with van der Waals surface area (Å²) in [4.78, 5) is 0. The second-order valence-electron chi connectivity index (χ2n) is 4.92. The Morgan fingerprint density at radius 3 is 2.81 bits per heavy atom. The number of thiophene rings is 1. The van der Waals surface area contributed by atoms with Crippen LogP contribution in [0.2, 0.25) is 0 Å². The minimum absolute atomic E-state index is 0.235. The van der Waals surface area contributed by atoms with Gasteiger partial charge in [0.15, 0.2) is 0 Å². The van der Waals surface area contributed by atoms with Crippen LogP contribution in [0, 0.1) is 0 Å². The highest BCUT2D eigenvalue weighted by molar-refractivity contribution is 7.17. The minimum atomic E-state index is 0.235. The van der Waals surface area contributed by atoms with E-state index in [0.717, 1.165) is 22.2 Å². The zero-order valence-corrected chi connectivity index (χ0v) is 12.2. The Balaban J connectivity index is 1.94. The maximum absolute atomic E-state index is 10.5. The van der Waals surface area contributed by atoms with E-state index in [2.05, 4.69) is 23.6 Å². The van der Waals surface area contributed by atoms with Crippen LogP contribution in [-0.4, -0.2) is 16.8 Å². The van der Waals surface area contributed by atoms with Gasteiger partial charge in [-0.3, -0.25) is 4.57 Å². The fourth-order valence-corrected chi connectivity index (χ4v) is 3.37. The molecular weight excluding hydrogens is 282 g/mol. The first-order chi connectivity index (χ1) is 10.3. The lowest BCUT2D eigenvalue weighted by Crippen LogP contribution is -1.90. The van der Waals surface area contributed by atoms with E-state index in [9.17, 15) is 5.11 Å². The molecule has 4 heteroatoms. The number of aromatic hydroxyl groups is 1. The number of methoxy groups -OCH3 is 1. The van der Waals surface area contributed by atoms with Gasteiger partial charge in [-0.15, -0.1) is 11.3 Å². The van der Waals surface area contributed by atoms with E-state index in [1.54, 1.807) is 23.0 Å². The van der Waals surface area contributed by atoms with Gasteiger partial charge in [-0.25, -0.2) is 0 Å². The highest BCUT2D eigenvalue weighted by Crippen LogP contribution is 2.34. The average Bonchev–Trinajstić information content (AvgIpc) is 3.11. The van der Waals surface area contributed by atoms with Crippen LogP contribution in [0.5, 0.6) is 11.6 Å². The molecule has 0 bridgehead atoms. The summed E-state index contributed by atoms with van der Waals surface area (Å²) in [6, 6.07) is 14.0. The van der Waals surface area contributed by atoms with Crippen molar-refractivity contribution >= 4 is 32.2 Å². The maximum atomic E-state index is 10.5. The molecule has 4 aromatic rings. The number of aromatic nitrogens is 1. The SMILES string of the molecule is COc1ccc2cn(-c3ccc4sccc4c3)c(O)c2c1. The molecule has 0 atom stereocenters. The van der Waals surface area contributed by atoms with E-state index in [1.807, 2.05) is 30.5 Å². The Hall–Kier alpha value is -2.46. The van der Waals surface area contributed by atoms with E-state index < -0.39 is 0 Å². The summed E-state index contributed by atoms with van der Waals surface area (Å²) in [5.41, 5.74) is 0.952. The van der Waals surface area contributed by atoms with E-state index in [1.165, 1.54) is 10.1 Å². The monoisotopic (exact) mass is 295 g/mol. The van der Waals surface area contributed by atoms with E-state index in [0.29, 0.717) is 0 Å². The molecule has 2 aromatic heterocycles. The molecule has 21 heavy (non-hydrogen) atoms. The Kier molecular flexibility index (Phi) is 2.65. The van der Waals surface area contributed by atoms with Gasteiger partial charge in [-0.05, 0) is 53.2 Å². The molecule has 0 saturated heterocycles. The summed E-state index contributed by atoms with van der Waals surface area (Å²) in [6.45, 7) is 0. The first-order valence-corrected chi connectivity index (χ1v) is 7.50. The standard InChI is InChI=1S/C17H13NO2S/c1-20-14-4-2-12-10-18(17(19)15(12)9-14)13-3-5-16-11(8-13)6-7-21-16/h2-10,19H,1H3. The van der Waals surface area contributed by atoms with Crippen LogP contribution in [0.4, 0.5) is 0 Å². The fraction of sp³-hybridized carbons (Fsp3) is 0.0588. The van der Waals surface area contributed by atoms with Gasteiger partial charge in [0.1, 0.15) is 5.75 Å². The fourth-order valence-electron chi connectivity index (χ4n) is 2.60. The number of benzene rings is 2.